The molecule has 0 aliphatic rings. The fourth-order valence-corrected chi connectivity index (χ4v) is 1.09. The summed E-state index contributed by atoms with van der Waals surface area (Å²) < 4.78 is 12.5. The molecule has 1 rings (SSSR count). The van der Waals surface area contributed by atoms with Crippen molar-refractivity contribution in [1.29, 1.82) is 0 Å². The van der Waals surface area contributed by atoms with Crippen LogP contribution < -0.4 is 5.32 Å². The molecule has 0 bridgehead atoms. The molecule has 0 aliphatic heterocycles. The second kappa shape index (κ2) is 5.54. The van der Waals surface area contributed by atoms with Crippen molar-refractivity contribution in [2.45, 2.75) is 25.9 Å². The molecule has 0 saturated heterocycles. The number of aliphatic hydroxyl groups excluding tert-OH is 1. The first kappa shape index (κ1) is 10.9. The van der Waals surface area contributed by atoms with E-state index in [1.807, 2.05) is 0 Å². The maximum absolute atomic E-state index is 12.5. The molecule has 2 N–H and O–H groups in total. The standard InChI is InChI=1S/C10H15FN2O/c1-8(14)3-2-6-12-10-5-4-9(11)7-13-10/h4-5,7-8,14H,2-3,6H2,1H3,(H,12,13). The van der Waals surface area contributed by atoms with Crippen molar-refractivity contribution in [3.8, 4) is 0 Å². The van der Waals surface area contributed by atoms with Gasteiger partial charge >= 0.3 is 0 Å². The van der Waals surface area contributed by atoms with E-state index < -0.39 is 0 Å². The Morgan fingerprint density at radius 2 is 2.36 bits per heavy atom. The van der Waals surface area contributed by atoms with Crippen molar-refractivity contribution in [3.63, 3.8) is 0 Å². The molecule has 1 aromatic rings. The minimum atomic E-state index is -0.334. The van der Waals surface area contributed by atoms with Crippen LogP contribution in [0.5, 0.6) is 0 Å². The highest BCUT2D eigenvalue weighted by Crippen LogP contribution is 2.04. The van der Waals surface area contributed by atoms with Gasteiger partial charge in [0, 0.05) is 6.54 Å². The number of halogens is 1. The molecule has 4 heteroatoms. The predicted octanol–water partition coefficient (Wildman–Crippen LogP) is 1.79. The molecule has 0 spiro atoms. The van der Waals surface area contributed by atoms with Crippen LogP contribution in [-0.2, 0) is 0 Å². The molecule has 14 heavy (non-hydrogen) atoms. The van der Waals surface area contributed by atoms with Gasteiger partial charge in [-0.1, -0.05) is 0 Å². The van der Waals surface area contributed by atoms with Gasteiger partial charge in [-0.05, 0) is 31.9 Å². The van der Waals surface area contributed by atoms with Crippen molar-refractivity contribution in [3.05, 3.63) is 24.1 Å². The van der Waals surface area contributed by atoms with Crippen molar-refractivity contribution in [2.24, 2.45) is 0 Å². The van der Waals surface area contributed by atoms with Crippen LogP contribution in [0.4, 0.5) is 10.2 Å². The zero-order valence-corrected chi connectivity index (χ0v) is 8.20. The highest BCUT2D eigenvalue weighted by atomic mass is 19.1. The number of hydrogen-bond acceptors (Lipinski definition) is 3. The molecular formula is C10H15FN2O. The lowest BCUT2D eigenvalue weighted by molar-refractivity contribution is 0.183. The third-order valence-corrected chi connectivity index (χ3v) is 1.83. The molecule has 0 amide bonds. The van der Waals surface area contributed by atoms with E-state index in [0.717, 1.165) is 19.4 Å². The van der Waals surface area contributed by atoms with Gasteiger partial charge in [0.1, 0.15) is 11.6 Å². The Morgan fingerprint density at radius 1 is 1.57 bits per heavy atom. The van der Waals surface area contributed by atoms with Gasteiger partial charge in [0.2, 0.25) is 0 Å². The van der Waals surface area contributed by atoms with Gasteiger partial charge in [-0.2, -0.15) is 0 Å². The number of pyridine rings is 1. The third-order valence-electron chi connectivity index (χ3n) is 1.83. The average Bonchev–Trinajstić information content (AvgIpc) is 2.15. The Hall–Kier alpha value is -1.16. The van der Waals surface area contributed by atoms with Crippen LogP contribution in [0.3, 0.4) is 0 Å². The molecule has 0 aliphatic carbocycles. The van der Waals surface area contributed by atoms with E-state index in [9.17, 15) is 4.39 Å². The summed E-state index contributed by atoms with van der Waals surface area (Å²) >= 11 is 0. The first-order valence-corrected chi connectivity index (χ1v) is 4.72. The third kappa shape index (κ3) is 4.18. The Bertz CT molecular complexity index is 261. The van der Waals surface area contributed by atoms with Gasteiger partial charge < -0.3 is 10.4 Å². The number of hydrogen-bond donors (Lipinski definition) is 2. The highest BCUT2D eigenvalue weighted by Gasteiger charge is 1.96. The van der Waals surface area contributed by atoms with E-state index in [1.54, 1.807) is 13.0 Å². The lowest BCUT2D eigenvalue weighted by Crippen LogP contribution is -2.07. The second-order valence-corrected chi connectivity index (χ2v) is 3.28. The van der Waals surface area contributed by atoms with Gasteiger partial charge in [-0.15, -0.1) is 0 Å². The molecule has 1 unspecified atom stereocenters. The van der Waals surface area contributed by atoms with E-state index in [-0.39, 0.29) is 11.9 Å². The van der Waals surface area contributed by atoms with E-state index in [0.29, 0.717) is 5.82 Å². The summed E-state index contributed by atoms with van der Waals surface area (Å²) in [5.41, 5.74) is 0. The van der Waals surface area contributed by atoms with Crippen molar-refractivity contribution >= 4 is 5.82 Å². The second-order valence-electron chi connectivity index (χ2n) is 3.28. The molecule has 78 valence electrons. The molecule has 0 radical (unpaired) electrons. The average molecular weight is 198 g/mol. The van der Waals surface area contributed by atoms with Crippen molar-refractivity contribution < 1.29 is 9.50 Å². The topological polar surface area (TPSA) is 45.1 Å². The molecule has 3 nitrogen and oxygen atoms in total. The normalized spacial score (nSPS) is 12.5. The maximum Gasteiger partial charge on any atom is 0.141 e. The Morgan fingerprint density at radius 3 is 2.93 bits per heavy atom. The number of aliphatic hydroxyl groups is 1. The zero-order valence-electron chi connectivity index (χ0n) is 8.20. The van der Waals surface area contributed by atoms with Crippen molar-refractivity contribution in [1.82, 2.24) is 4.98 Å². The van der Waals surface area contributed by atoms with E-state index >= 15 is 0 Å². The molecular weight excluding hydrogens is 183 g/mol. The number of nitrogens with zero attached hydrogens (tertiary/aromatic N) is 1. The van der Waals surface area contributed by atoms with Crippen LogP contribution in [0.25, 0.3) is 0 Å². The van der Waals surface area contributed by atoms with E-state index in [1.165, 1.54) is 12.3 Å². The summed E-state index contributed by atoms with van der Waals surface area (Å²) in [5.74, 6) is 0.330. The fourth-order valence-electron chi connectivity index (χ4n) is 1.09. The molecule has 0 saturated carbocycles. The van der Waals surface area contributed by atoms with Gasteiger partial charge in [0.25, 0.3) is 0 Å². The van der Waals surface area contributed by atoms with E-state index in [4.69, 9.17) is 5.11 Å². The lowest BCUT2D eigenvalue weighted by Gasteiger charge is -2.06. The molecule has 0 aromatic carbocycles. The number of rotatable bonds is 5. The largest absolute Gasteiger partial charge is 0.393 e. The van der Waals surface area contributed by atoms with Crippen LogP contribution in [0.15, 0.2) is 18.3 Å². The number of anilines is 1. The summed E-state index contributed by atoms with van der Waals surface area (Å²) in [4.78, 5) is 3.85. The monoisotopic (exact) mass is 198 g/mol. The van der Waals surface area contributed by atoms with Gasteiger partial charge in [0.15, 0.2) is 0 Å². The quantitative estimate of drug-likeness (QED) is 0.709. The minimum Gasteiger partial charge on any atom is -0.393 e. The van der Waals surface area contributed by atoms with Gasteiger partial charge in [-0.3, -0.25) is 0 Å². The summed E-state index contributed by atoms with van der Waals surface area (Å²) in [7, 11) is 0. The van der Waals surface area contributed by atoms with Gasteiger partial charge in [-0.25, -0.2) is 9.37 Å². The SMILES string of the molecule is CC(O)CCCNc1ccc(F)cn1. The predicted molar refractivity (Wildman–Crippen MR) is 53.6 cm³/mol. The van der Waals surface area contributed by atoms with Crippen LogP contribution in [0.1, 0.15) is 19.8 Å². The van der Waals surface area contributed by atoms with Crippen molar-refractivity contribution in [2.75, 3.05) is 11.9 Å². The number of aromatic nitrogens is 1. The lowest BCUT2D eigenvalue weighted by atomic mass is 10.2. The smallest absolute Gasteiger partial charge is 0.141 e. The maximum atomic E-state index is 12.5. The zero-order chi connectivity index (χ0) is 10.4. The molecule has 0 fully saturated rings. The first-order chi connectivity index (χ1) is 6.68. The number of nitrogens with one attached hydrogen (secondary N) is 1. The van der Waals surface area contributed by atoms with Gasteiger partial charge in [0.05, 0.1) is 12.3 Å². The van der Waals surface area contributed by atoms with E-state index in [2.05, 4.69) is 10.3 Å². The summed E-state index contributed by atoms with van der Waals surface area (Å²) in [6.07, 6.45) is 2.54. The Kier molecular flexibility index (Phi) is 4.32. The Labute approximate surface area is 83.0 Å². The summed E-state index contributed by atoms with van der Waals surface area (Å²) in [6, 6.07) is 2.96. The van der Waals surface area contributed by atoms with Crippen LogP contribution in [-0.4, -0.2) is 22.7 Å². The highest BCUT2D eigenvalue weighted by molar-refractivity contribution is 5.33. The molecule has 1 atom stereocenters. The first-order valence-electron chi connectivity index (χ1n) is 4.72. The van der Waals surface area contributed by atoms with Crippen LogP contribution in [0.2, 0.25) is 0 Å². The summed E-state index contributed by atoms with van der Waals surface area (Å²) in [5, 5.41) is 12.0. The Balaban J connectivity index is 2.21. The minimum absolute atomic E-state index is 0.266. The van der Waals surface area contributed by atoms with Crippen LogP contribution >= 0.6 is 0 Å². The fraction of sp³-hybridized carbons (Fsp3) is 0.500. The van der Waals surface area contributed by atoms with Crippen LogP contribution in [0, 0.1) is 5.82 Å². The summed E-state index contributed by atoms with van der Waals surface area (Å²) in [6.45, 7) is 2.50. The molecule has 1 aromatic heterocycles. The molecule has 1 heterocycles.